The van der Waals surface area contributed by atoms with Gasteiger partial charge in [-0.1, -0.05) is 47.3 Å². The first-order valence-corrected chi connectivity index (χ1v) is 12.8. The van der Waals surface area contributed by atoms with E-state index in [0.717, 1.165) is 45.6 Å². The Morgan fingerprint density at radius 2 is 2.00 bits per heavy atom. The predicted octanol–water partition coefficient (Wildman–Crippen LogP) is 5.68. The quantitative estimate of drug-likeness (QED) is 0.215. The number of rotatable bonds is 7. The number of methoxy groups -OCH3 is 1. The molecule has 0 N–H and O–H groups in total. The van der Waals surface area contributed by atoms with Gasteiger partial charge in [0, 0.05) is 5.56 Å². The van der Waals surface area contributed by atoms with Crippen molar-refractivity contribution >= 4 is 33.3 Å². The van der Waals surface area contributed by atoms with Crippen LogP contribution in [0.3, 0.4) is 0 Å². The molecule has 0 spiro atoms. The standard InChI is InChI=1S/C25H20N4O3S2/c1-31-18-9-5-6-16(12-18)22-26-20(32-28-22)14-34-25-27-23-21(19(13-33-23)15-10-11-15)24(30)29(25)17-7-3-2-4-8-17/h2-9,12-13,15H,10-11,14H2,1H3. The van der Waals surface area contributed by atoms with E-state index in [2.05, 4.69) is 15.5 Å². The van der Waals surface area contributed by atoms with Gasteiger partial charge < -0.3 is 9.26 Å². The highest BCUT2D eigenvalue weighted by Crippen LogP contribution is 2.44. The molecule has 2 aromatic carbocycles. The van der Waals surface area contributed by atoms with E-state index in [1.807, 2.05) is 54.6 Å². The molecule has 5 aromatic rings. The average Bonchev–Trinajstić information content (AvgIpc) is 3.45. The smallest absolute Gasteiger partial charge is 0.267 e. The summed E-state index contributed by atoms with van der Waals surface area (Å²) in [6.07, 6.45) is 2.28. The molecule has 3 aromatic heterocycles. The van der Waals surface area contributed by atoms with Gasteiger partial charge in [-0.25, -0.2) is 4.98 Å². The van der Waals surface area contributed by atoms with Gasteiger partial charge in [0.25, 0.3) is 5.56 Å². The van der Waals surface area contributed by atoms with Crippen molar-refractivity contribution in [3.8, 4) is 22.8 Å². The number of hydrogen-bond donors (Lipinski definition) is 0. The number of hydrogen-bond acceptors (Lipinski definition) is 8. The van der Waals surface area contributed by atoms with Gasteiger partial charge in [0.05, 0.1) is 23.9 Å². The summed E-state index contributed by atoms with van der Waals surface area (Å²) in [5, 5.41) is 7.56. The third-order valence-electron chi connectivity index (χ3n) is 5.76. The number of thiophene rings is 1. The monoisotopic (exact) mass is 488 g/mol. The van der Waals surface area contributed by atoms with Crippen LogP contribution >= 0.6 is 23.1 Å². The normalized spacial score (nSPS) is 13.4. The Bertz CT molecular complexity index is 1540. The van der Waals surface area contributed by atoms with E-state index in [1.165, 1.54) is 23.1 Å². The first-order valence-electron chi connectivity index (χ1n) is 10.9. The summed E-state index contributed by atoms with van der Waals surface area (Å²) in [4.78, 5) is 23.9. The maximum absolute atomic E-state index is 13.7. The minimum absolute atomic E-state index is 0.0237. The summed E-state index contributed by atoms with van der Waals surface area (Å²) >= 11 is 2.95. The SMILES string of the molecule is COc1cccc(-c2noc(CSc3nc4scc(C5CC5)c4c(=O)n3-c3ccccc3)n2)c1. The molecule has 6 rings (SSSR count). The van der Waals surface area contributed by atoms with Crippen molar-refractivity contribution in [1.29, 1.82) is 0 Å². The molecule has 1 aliphatic rings. The third-order valence-corrected chi connectivity index (χ3v) is 7.57. The van der Waals surface area contributed by atoms with Crippen LogP contribution in [0.1, 0.15) is 30.2 Å². The largest absolute Gasteiger partial charge is 0.497 e. The van der Waals surface area contributed by atoms with Gasteiger partial charge in [0.2, 0.25) is 11.7 Å². The Hall–Kier alpha value is -3.43. The number of aromatic nitrogens is 4. The lowest BCUT2D eigenvalue weighted by Gasteiger charge is -2.11. The van der Waals surface area contributed by atoms with Crippen LogP contribution in [0.5, 0.6) is 5.75 Å². The zero-order chi connectivity index (χ0) is 23.1. The molecule has 0 aliphatic heterocycles. The highest BCUT2D eigenvalue weighted by atomic mass is 32.2. The van der Waals surface area contributed by atoms with Crippen LogP contribution in [0.15, 0.2) is 74.5 Å². The van der Waals surface area contributed by atoms with Gasteiger partial charge >= 0.3 is 0 Å². The second-order valence-electron chi connectivity index (χ2n) is 8.05. The first-order chi connectivity index (χ1) is 16.7. The van der Waals surface area contributed by atoms with Crippen molar-refractivity contribution in [3.05, 3.63) is 81.8 Å². The molecule has 0 saturated heterocycles. The molecule has 0 unspecified atom stereocenters. The Morgan fingerprint density at radius 1 is 1.15 bits per heavy atom. The lowest BCUT2D eigenvalue weighted by atomic mass is 10.1. The number of nitrogens with zero attached hydrogens (tertiary/aromatic N) is 4. The molecule has 0 amide bonds. The van der Waals surface area contributed by atoms with E-state index in [4.69, 9.17) is 14.2 Å². The molecule has 1 aliphatic carbocycles. The summed E-state index contributed by atoms with van der Waals surface area (Å²) < 4.78 is 12.5. The van der Waals surface area contributed by atoms with Crippen LogP contribution in [0.2, 0.25) is 0 Å². The minimum atomic E-state index is -0.0237. The summed E-state index contributed by atoms with van der Waals surface area (Å²) in [6.45, 7) is 0. The fourth-order valence-corrected chi connectivity index (χ4v) is 5.82. The summed E-state index contributed by atoms with van der Waals surface area (Å²) in [5.74, 6) is 2.55. The van der Waals surface area contributed by atoms with Crippen molar-refractivity contribution < 1.29 is 9.26 Å². The minimum Gasteiger partial charge on any atom is -0.497 e. The maximum atomic E-state index is 13.7. The number of fused-ring (bicyclic) bond motifs is 1. The highest BCUT2D eigenvalue weighted by Gasteiger charge is 2.29. The summed E-state index contributed by atoms with van der Waals surface area (Å²) in [5.41, 5.74) is 2.72. The van der Waals surface area contributed by atoms with E-state index >= 15 is 0 Å². The Kier molecular flexibility index (Phi) is 5.43. The number of benzene rings is 2. The van der Waals surface area contributed by atoms with Crippen LogP contribution < -0.4 is 10.3 Å². The first kappa shape index (κ1) is 21.1. The molecule has 34 heavy (non-hydrogen) atoms. The van der Waals surface area contributed by atoms with Crippen LogP contribution in [0.25, 0.3) is 27.3 Å². The summed E-state index contributed by atoms with van der Waals surface area (Å²) in [6, 6.07) is 17.2. The molecular formula is C25H20N4O3S2. The third kappa shape index (κ3) is 3.91. The number of para-hydroxylation sites is 1. The Labute approximate surface area is 203 Å². The van der Waals surface area contributed by atoms with Crippen molar-refractivity contribution in [2.75, 3.05) is 7.11 Å². The molecule has 0 atom stereocenters. The van der Waals surface area contributed by atoms with Crippen molar-refractivity contribution in [2.45, 2.75) is 29.7 Å². The zero-order valence-electron chi connectivity index (χ0n) is 18.3. The van der Waals surface area contributed by atoms with E-state index in [-0.39, 0.29) is 5.56 Å². The second-order valence-corrected chi connectivity index (χ2v) is 9.85. The average molecular weight is 489 g/mol. The van der Waals surface area contributed by atoms with Crippen molar-refractivity contribution in [3.63, 3.8) is 0 Å². The lowest BCUT2D eigenvalue weighted by molar-refractivity contribution is 0.391. The molecule has 170 valence electrons. The lowest BCUT2D eigenvalue weighted by Crippen LogP contribution is -2.21. The van der Waals surface area contributed by atoms with Gasteiger partial charge in [-0.3, -0.25) is 9.36 Å². The molecule has 1 saturated carbocycles. The molecule has 1 fully saturated rings. The van der Waals surface area contributed by atoms with Crippen LogP contribution in [-0.2, 0) is 5.75 Å². The van der Waals surface area contributed by atoms with E-state index in [9.17, 15) is 4.79 Å². The molecule has 7 nitrogen and oxygen atoms in total. The number of thioether (sulfide) groups is 1. The van der Waals surface area contributed by atoms with E-state index in [0.29, 0.717) is 28.5 Å². The van der Waals surface area contributed by atoms with Crippen LogP contribution in [0.4, 0.5) is 0 Å². The molecule has 3 heterocycles. The molecule has 9 heteroatoms. The van der Waals surface area contributed by atoms with Crippen LogP contribution in [0, 0.1) is 0 Å². The van der Waals surface area contributed by atoms with E-state index in [1.54, 1.807) is 11.7 Å². The van der Waals surface area contributed by atoms with Gasteiger partial charge in [-0.05, 0) is 54.0 Å². The molecule has 0 bridgehead atoms. The molecular weight excluding hydrogens is 468 g/mol. The Balaban J connectivity index is 1.35. The summed E-state index contributed by atoms with van der Waals surface area (Å²) in [7, 11) is 1.62. The Morgan fingerprint density at radius 3 is 2.79 bits per heavy atom. The van der Waals surface area contributed by atoms with Gasteiger partial charge in [-0.15, -0.1) is 11.3 Å². The van der Waals surface area contributed by atoms with E-state index < -0.39 is 0 Å². The zero-order valence-corrected chi connectivity index (χ0v) is 19.9. The predicted molar refractivity (Wildman–Crippen MR) is 133 cm³/mol. The van der Waals surface area contributed by atoms with Gasteiger partial charge in [-0.2, -0.15) is 4.98 Å². The van der Waals surface area contributed by atoms with Gasteiger partial charge in [0.15, 0.2) is 5.16 Å². The van der Waals surface area contributed by atoms with Gasteiger partial charge in [0.1, 0.15) is 10.6 Å². The fourth-order valence-electron chi connectivity index (χ4n) is 3.91. The molecule has 0 radical (unpaired) electrons. The maximum Gasteiger partial charge on any atom is 0.267 e. The van der Waals surface area contributed by atoms with Crippen LogP contribution in [-0.4, -0.2) is 26.8 Å². The fraction of sp³-hybridized carbons (Fsp3) is 0.200. The van der Waals surface area contributed by atoms with Crippen molar-refractivity contribution in [2.24, 2.45) is 0 Å². The highest BCUT2D eigenvalue weighted by molar-refractivity contribution is 7.98. The topological polar surface area (TPSA) is 83.0 Å². The number of ether oxygens (including phenoxy) is 1. The van der Waals surface area contributed by atoms with Crippen molar-refractivity contribution in [1.82, 2.24) is 19.7 Å². The second kappa shape index (κ2) is 8.73.